The average molecular weight is 265 g/mol. The third kappa shape index (κ3) is 3.75. The van der Waals surface area contributed by atoms with Crippen molar-refractivity contribution in [3.63, 3.8) is 0 Å². The maximum atomic E-state index is 9.05. The van der Waals surface area contributed by atoms with Crippen LogP contribution in [-0.2, 0) is 6.54 Å². The van der Waals surface area contributed by atoms with E-state index in [0.717, 1.165) is 24.9 Å². The predicted octanol–water partition coefficient (Wildman–Crippen LogP) is 0.694. The van der Waals surface area contributed by atoms with Crippen LogP contribution in [0.25, 0.3) is 0 Å². The van der Waals surface area contributed by atoms with Crippen molar-refractivity contribution >= 4 is 24.3 Å². The van der Waals surface area contributed by atoms with Gasteiger partial charge in [0, 0.05) is 30.6 Å². The lowest BCUT2D eigenvalue weighted by molar-refractivity contribution is 0.273. The lowest BCUT2D eigenvalue weighted by atomic mass is 9.80. The molecule has 0 bridgehead atoms. The van der Waals surface area contributed by atoms with Crippen LogP contribution in [0.1, 0.15) is 18.9 Å². The second-order valence-corrected chi connectivity index (χ2v) is 6.16. The first-order valence-corrected chi connectivity index (χ1v) is 7.53. The smallest absolute Gasteiger partial charge is 0.423 e. The Labute approximate surface area is 113 Å². The van der Waals surface area contributed by atoms with Gasteiger partial charge in [-0.05, 0) is 17.4 Å². The van der Waals surface area contributed by atoms with Crippen molar-refractivity contribution in [1.29, 1.82) is 0 Å². The van der Waals surface area contributed by atoms with E-state index in [1.165, 1.54) is 17.7 Å². The Kier molecular flexibility index (Phi) is 5.12. The standard InChI is InChI=1S/C13H20BNO2S/c1-2-13-10-15(7-8-18-13)9-11-3-5-12(6-4-11)14(16)17/h3-6,13,16-17H,2,7-10H2,1H3. The van der Waals surface area contributed by atoms with Crippen molar-refractivity contribution in [2.45, 2.75) is 25.1 Å². The van der Waals surface area contributed by atoms with Crippen molar-refractivity contribution < 1.29 is 10.0 Å². The summed E-state index contributed by atoms with van der Waals surface area (Å²) in [4.78, 5) is 2.48. The fraction of sp³-hybridized carbons (Fsp3) is 0.538. The van der Waals surface area contributed by atoms with Crippen LogP contribution in [0.2, 0.25) is 0 Å². The van der Waals surface area contributed by atoms with Crippen molar-refractivity contribution in [3.8, 4) is 0 Å². The Balaban J connectivity index is 1.92. The maximum Gasteiger partial charge on any atom is 0.488 e. The summed E-state index contributed by atoms with van der Waals surface area (Å²) in [5.41, 5.74) is 1.79. The fourth-order valence-corrected chi connectivity index (χ4v) is 3.47. The van der Waals surface area contributed by atoms with Gasteiger partial charge < -0.3 is 10.0 Å². The minimum atomic E-state index is -1.37. The summed E-state index contributed by atoms with van der Waals surface area (Å²) < 4.78 is 0. The van der Waals surface area contributed by atoms with Gasteiger partial charge in [-0.2, -0.15) is 11.8 Å². The zero-order valence-corrected chi connectivity index (χ0v) is 11.6. The van der Waals surface area contributed by atoms with Crippen molar-refractivity contribution in [2.75, 3.05) is 18.8 Å². The summed E-state index contributed by atoms with van der Waals surface area (Å²) >= 11 is 2.08. The minimum absolute atomic E-state index is 0.555. The molecule has 5 heteroatoms. The Morgan fingerprint density at radius 1 is 1.33 bits per heavy atom. The molecular weight excluding hydrogens is 245 g/mol. The van der Waals surface area contributed by atoms with Crippen LogP contribution >= 0.6 is 11.8 Å². The molecule has 0 aliphatic carbocycles. The van der Waals surface area contributed by atoms with Crippen LogP contribution in [0.3, 0.4) is 0 Å². The summed E-state index contributed by atoms with van der Waals surface area (Å²) in [5.74, 6) is 1.21. The third-order valence-corrected chi connectivity index (χ3v) is 4.73. The molecule has 0 aromatic heterocycles. The largest absolute Gasteiger partial charge is 0.488 e. The van der Waals surface area contributed by atoms with Crippen molar-refractivity contribution in [2.24, 2.45) is 0 Å². The molecule has 0 spiro atoms. The molecule has 1 aliphatic rings. The van der Waals surface area contributed by atoms with Crippen LogP contribution in [0.5, 0.6) is 0 Å². The maximum absolute atomic E-state index is 9.05. The normalized spacial score (nSPS) is 20.9. The predicted molar refractivity (Wildman–Crippen MR) is 78.1 cm³/mol. The zero-order valence-electron chi connectivity index (χ0n) is 10.7. The molecule has 1 aromatic rings. The first-order chi connectivity index (χ1) is 8.69. The van der Waals surface area contributed by atoms with E-state index in [4.69, 9.17) is 10.0 Å². The van der Waals surface area contributed by atoms with Gasteiger partial charge in [0.1, 0.15) is 0 Å². The summed E-state index contributed by atoms with van der Waals surface area (Å²) in [7, 11) is -1.37. The molecule has 1 unspecified atom stereocenters. The van der Waals surface area contributed by atoms with Crippen molar-refractivity contribution in [1.82, 2.24) is 4.90 Å². The third-order valence-electron chi connectivity index (χ3n) is 3.36. The quantitative estimate of drug-likeness (QED) is 0.786. The van der Waals surface area contributed by atoms with Crippen LogP contribution in [-0.4, -0.2) is 46.2 Å². The van der Waals surface area contributed by atoms with Gasteiger partial charge in [0.25, 0.3) is 0 Å². The lowest BCUT2D eigenvalue weighted by Gasteiger charge is -2.31. The molecule has 1 heterocycles. The van der Waals surface area contributed by atoms with Gasteiger partial charge in [0.15, 0.2) is 0 Å². The first kappa shape index (κ1) is 13.9. The van der Waals surface area contributed by atoms with E-state index in [1.54, 1.807) is 12.1 Å². The summed E-state index contributed by atoms with van der Waals surface area (Å²) in [5, 5.41) is 18.9. The number of benzene rings is 1. The van der Waals surface area contributed by atoms with E-state index >= 15 is 0 Å². The highest BCUT2D eigenvalue weighted by Gasteiger charge is 2.19. The molecule has 98 valence electrons. The van der Waals surface area contributed by atoms with E-state index in [1.807, 2.05) is 12.1 Å². The van der Waals surface area contributed by atoms with Crippen LogP contribution in [0.4, 0.5) is 0 Å². The SMILES string of the molecule is CCC1CN(Cc2ccc(B(O)O)cc2)CCS1. The van der Waals surface area contributed by atoms with Crippen LogP contribution in [0.15, 0.2) is 24.3 Å². The summed E-state index contributed by atoms with van der Waals surface area (Å²) in [6, 6.07) is 7.54. The van der Waals surface area contributed by atoms with Gasteiger partial charge in [-0.3, -0.25) is 4.90 Å². The molecule has 1 atom stereocenters. The second kappa shape index (κ2) is 6.61. The van der Waals surface area contributed by atoms with E-state index in [9.17, 15) is 0 Å². The fourth-order valence-electron chi connectivity index (χ4n) is 2.22. The molecule has 1 aliphatic heterocycles. The zero-order chi connectivity index (χ0) is 13.0. The van der Waals surface area contributed by atoms with Gasteiger partial charge in [-0.15, -0.1) is 0 Å². The van der Waals surface area contributed by atoms with Crippen LogP contribution < -0.4 is 5.46 Å². The van der Waals surface area contributed by atoms with E-state index in [2.05, 4.69) is 23.6 Å². The number of hydrogen-bond donors (Lipinski definition) is 2. The molecule has 0 amide bonds. The van der Waals surface area contributed by atoms with E-state index in [0.29, 0.717) is 5.46 Å². The van der Waals surface area contributed by atoms with E-state index < -0.39 is 7.12 Å². The van der Waals surface area contributed by atoms with E-state index in [-0.39, 0.29) is 0 Å². The summed E-state index contributed by atoms with van der Waals surface area (Å²) in [6.07, 6.45) is 1.23. The van der Waals surface area contributed by atoms with Crippen LogP contribution in [0, 0.1) is 0 Å². The molecular formula is C13H20BNO2S. The summed E-state index contributed by atoms with van der Waals surface area (Å²) in [6.45, 7) is 5.51. The lowest BCUT2D eigenvalue weighted by Crippen LogP contribution is -2.37. The molecule has 2 N–H and O–H groups in total. The Bertz CT molecular complexity index is 372. The Morgan fingerprint density at radius 3 is 2.67 bits per heavy atom. The molecule has 3 nitrogen and oxygen atoms in total. The molecule has 1 saturated heterocycles. The molecule has 1 aromatic carbocycles. The first-order valence-electron chi connectivity index (χ1n) is 6.48. The molecule has 1 fully saturated rings. The number of nitrogens with zero attached hydrogens (tertiary/aromatic N) is 1. The van der Waals surface area contributed by atoms with Gasteiger partial charge in [0.05, 0.1) is 0 Å². The van der Waals surface area contributed by atoms with Gasteiger partial charge >= 0.3 is 7.12 Å². The number of rotatable bonds is 4. The average Bonchev–Trinajstić information content (AvgIpc) is 2.39. The molecule has 18 heavy (non-hydrogen) atoms. The highest BCUT2D eigenvalue weighted by molar-refractivity contribution is 8.00. The highest BCUT2D eigenvalue weighted by atomic mass is 32.2. The second-order valence-electron chi connectivity index (χ2n) is 4.75. The van der Waals surface area contributed by atoms with Gasteiger partial charge in [-0.1, -0.05) is 31.2 Å². The highest BCUT2D eigenvalue weighted by Crippen LogP contribution is 2.22. The topological polar surface area (TPSA) is 43.7 Å². The van der Waals surface area contributed by atoms with Gasteiger partial charge in [0.2, 0.25) is 0 Å². The monoisotopic (exact) mass is 265 g/mol. The van der Waals surface area contributed by atoms with Crippen molar-refractivity contribution in [3.05, 3.63) is 29.8 Å². The molecule has 2 rings (SSSR count). The van der Waals surface area contributed by atoms with Gasteiger partial charge in [-0.25, -0.2) is 0 Å². The Hall–Kier alpha value is -0.485. The Morgan fingerprint density at radius 2 is 2.06 bits per heavy atom. The molecule has 0 radical (unpaired) electrons. The number of thioether (sulfide) groups is 1. The number of hydrogen-bond acceptors (Lipinski definition) is 4. The minimum Gasteiger partial charge on any atom is -0.423 e. The molecule has 0 saturated carbocycles.